The molecule has 0 spiro atoms. The van der Waals surface area contributed by atoms with Crippen molar-refractivity contribution in [3.63, 3.8) is 0 Å². The number of oxazole rings is 1. The van der Waals surface area contributed by atoms with Crippen molar-refractivity contribution in [2.45, 2.75) is 6.54 Å². The lowest BCUT2D eigenvalue weighted by Gasteiger charge is -1.96. The number of aromatic nitrogens is 1. The SMILES string of the molecule is NCc1coc(-c2ccccc2[N+](=O)[O-])n1. The Kier molecular flexibility index (Phi) is 2.65. The fraction of sp³-hybridized carbons (Fsp3) is 0.100. The number of hydrogen-bond donors (Lipinski definition) is 1. The van der Waals surface area contributed by atoms with E-state index in [2.05, 4.69) is 4.98 Å². The second kappa shape index (κ2) is 4.11. The van der Waals surface area contributed by atoms with E-state index in [9.17, 15) is 10.1 Å². The molecule has 0 saturated heterocycles. The van der Waals surface area contributed by atoms with E-state index in [0.29, 0.717) is 11.3 Å². The predicted molar refractivity (Wildman–Crippen MR) is 56.5 cm³/mol. The van der Waals surface area contributed by atoms with Gasteiger partial charge in [0.1, 0.15) is 11.8 Å². The van der Waals surface area contributed by atoms with Crippen LogP contribution < -0.4 is 5.73 Å². The minimum atomic E-state index is -0.471. The fourth-order valence-corrected chi connectivity index (χ4v) is 1.34. The van der Waals surface area contributed by atoms with Gasteiger partial charge in [-0.1, -0.05) is 12.1 Å². The van der Waals surface area contributed by atoms with Gasteiger partial charge in [-0.2, -0.15) is 0 Å². The van der Waals surface area contributed by atoms with Crippen molar-refractivity contribution in [1.82, 2.24) is 4.98 Å². The van der Waals surface area contributed by atoms with Crippen molar-refractivity contribution in [2.75, 3.05) is 0 Å². The number of rotatable bonds is 3. The Morgan fingerprint density at radius 3 is 2.81 bits per heavy atom. The van der Waals surface area contributed by atoms with E-state index in [-0.39, 0.29) is 18.1 Å². The number of nitrogens with zero attached hydrogens (tertiary/aromatic N) is 2. The summed E-state index contributed by atoms with van der Waals surface area (Å²) >= 11 is 0. The molecule has 2 rings (SSSR count). The Labute approximate surface area is 90.9 Å². The smallest absolute Gasteiger partial charge is 0.282 e. The van der Waals surface area contributed by atoms with Crippen LogP contribution in [0.5, 0.6) is 0 Å². The third kappa shape index (κ3) is 1.78. The van der Waals surface area contributed by atoms with Crippen LogP contribution in [0, 0.1) is 10.1 Å². The molecule has 6 heteroatoms. The second-order valence-corrected chi connectivity index (χ2v) is 3.12. The van der Waals surface area contributed by atoms with Crippen LogP contribution in [0.1, 0.15) is 5.69 Å². The monoisotopic (exact) mass is 219 g/mol. The Morgan fingerprint density at radius 2 is 2.19 bits per heavy atom. The molecule has 1 aromatic heterocycles. The van der Waals surface area contributed by atoms with Crippen molar-refractivity contribution in [1.29, 1.82) is 0 Å². The lowest BCUT2D eigenvalue weighted by Crippen LogP contribution is -1.96. The highest BCUT2D eigenvalue weighted by molar-refractivity contribution is 5.66. The topological polar surface area (TPSA) is 95.2 Å². The molecule has 2 aromatic rings. The fourth-order valence-electron chi connectivity index (χ4n) is 1.34. The largest absolute Gasteiger partial charge is 0.444 e. The molecule has 16 heavy (non-hydrogen) atoms. The molecule has 0 amide bonds. The van der Waals surface area contributed by atoms with Gasteiger partial charge in [-0.25, -0.2) is 4.98 Å². The molecule has 1 heterocycles. The van der Waals surface area contributed by atoms with E-state index in [0.717, 1.165) is 0 Å². The van der Waals surface area contributed by atoms with Gasteiger partial charge in [0.25, 0.3) is 5.69 Å². The van der Waals surface area contributed by atoms with E-state index in [1.165, 1.54) is 12.3 Å². The van der Waals surface area contributed by atoms with Gasteiger partial charge in [-0.15, -0.1) is 0 Å². The van der Waals surface area contributed by atoms with Crippen LogP contribution in [0.15, 0.2) is 34.9 Å². The molecule has 0 aliphatic rings. The van der Waals surface area contributed by atoms with Crippen molar-refractivity contribution in [3.8, 4) is 11.5 Å². The van der Waals surface area contributed by atoms with Gasteiger partial charge in [0, 0.05) is 12.6 Å². The van der Waals surface area contributed by atoms with Crippen molar-refractivity contribution in [2.24, 2.45) is 5.73 Å². The average Bonchev–Trinajstić information content (AvgIpc) is 2.77. The first kappa shape index (κ1) is 10.3. The molecule has 0 bridgehead atoms. The maximum absolute atomic E-state index is 10.8. The standard InChI is InChI=1S/C10H9N3O3/c11-5-7-6-16-10(12-7)8-3-1-2-4-9(8)13(14)15/h1-4,6H,5,11H2. The van der Waals surface area contributed by atoms with Gasteiger partial charge in [-0.3, -0.25) is 10.1 Å². The Morgan fingerprint density at radius 1 is 1.44 bits per heavy atom. The molecule has 1 aromatic carbocycles. The Bertz CT molecular complexity index is 522. The lowest BCUT2D eigenvalue weighted by molar-refractivity contribution is -0.384. The van der Waals surface area contributed by atoms with E-state index >= 15 is 0 Å². The van der Waals surface area contributed by atoms with Crippen LogP contribution in [-0.2, 0) is 6.54 Å². The normalized spacial score (nSPS) is 10.3. The first-order valence-corrected chi connectivity index (χ1v) is 4.60. The van der Waals surface area contributed by atoms with Gasteiger partial charge < -0.3 is 10.2 Å². The molecule has 82 valence electrons. The third-order valence-corrected chi connectivity index (χ3v) is 2.09. The summed E-state index contributed by atoms with van der Waals surface area (Å²) in [5, 5.41) is 10.8. The predicted octanol–water partition coefficient (Wildman–Crippen LogP) is 1.71. The quantitative estimate of drug-likeness (QED) is 0.626. The van der Waals surface area contributed by atoms with Crippen LogP contribution in [-0.4, -0.2) is 9.91 Å². The van der Waals surface area contributed by atoms with E-state index < -0.39 is 4.92 Å². The third-order valence-electron chi connectivity index (χ3n) is 2.09. The molecular formula is C10H9N3O3. The van der Waals surface area contributed by atoms with E-state index in [4.69, 9.17) is 10.2 Å². The van der Waals surface area contributed by atoms with Crippen molar-refractivity contribution < 1.29 is 9.34 Å². The van der Waals surface area contributed by atoms with E-state index in [1.807, 2.05) is 0 Å². The number of nitro groups is 1. The molecule has 0 fully saturated rings. The zero-order valence-electron chi connectivity index (χ0n) is 8.29. The Hall–Kier alpha value is -2.21. The molecular weight excluding hydrogens is 210 g/mol. The lowest BCUT2D eigenvalue weighted by atomic mass is 10.2. The molecule has 0 aliphatic heterocycles. The number of nitrogens with two attached hydrogens (primary N) is 1. The molecule has 0 atom stereocenters. The van der Waals surface area contributed by atoms with Gasteiger partial charge in [0.05, 0.1) is 10.6 Å². The summed E-state index contributed by atoms with van der Waals surface area (Å²) in [5.41, 5.74) is 6.27. The summed E-state index contributed by atoms with van der Waals surface area (Å²) in [6, 6.07) is 6.27. The van der Waals surface area contributed by atoms with Crippen molar-refractivity contribution in [3.05, 3.63) is 46.3 Å². The number of hydrogen-bond acceptors (Lipinski definition) is 5. The van der Waals surface area contributed by atoms with Crippen LogP contribution in [0.4, 0.5) is 5.69 Å². The van der Waals surface area contributed by atoms with E-state index in [1.54, 1.807) is 18.2 Å². The molecule has 2 N–H and O–H groups in total. The van der Waals surface area contributed by atoms with Gasteiger partial charge in [0.15, 0.2) is 0 Å². The van der Waals surface area contributed by atoms with Crippen LogP contribution >= 0.6 is 0 Å². The summed E-state index contributed by atoms with van der Waals surface area (Å²) in [5.74, 6) is 0.216. The summed E-state index contributed by atoms with van der Waals surface area (Å²) < 4.78 is 5.14. The van der Waals surface area contributed by atoms with Crippen LogP contribution in [0.3, 0.4) is 0 Å². The van der Waals surface area contributed by atoms with Crippen LogP contribution in [0.2, 0.25) is 0 Å². The van der Waals surface area contributed by atoms with Gasteiger partial charge in [-0.05, 0) is 6.07 Å². The Balaban J connectivity index is 2.50. The molecule has 6 nitrogen and oxygen atoms in total. The summed E-state index contributed by atoms with van der Waals surface area (Å²) in [6.45, 7) is 0.240. The van der Waals surface area contributed by atoms with Crippen LogP contribution in [0.25, 0.3) is 11.5 Å². The molecule has 0 saturated carbocycles. The maximum Gasteiger partial charge on any atom is 0.282 e. The van der Waals surface area contributed by atoms with Gasteiger partial charge >= 0.3 is 0 Å². The molecule has 0 aliphatic carbocycles. The highest BCUT2D eigenvalue weighted by atomic mass is 16.6. The number of para-hydroxylation sites is 1. The molecule has 0 radical (unpaired) electrons. The minimum Gasteiger partial charge on any atom is -0.444 e. The second-order valence-electron chi connectivity index (χ2n) is 3.12. The summed E-state index contributed by atoms with van der Waals surface area (Å²) in [7, 11) is 0. The minimum absolute atomic E-state index is 0.0343. The van der Waals surface area contributed by atoms with Gasteiger partial charge in [0.2, 0.25) is 5.89 Å². The summed E-state index contributed by atoms with van der Waals surface area (Å²) in [4.78, 5) is 14.4. The average molecular weight is 219 g/mol. The first-order valence-electron chi connectivity index (χ1n) is 4.60. The highest BCUT2D eigenvalue weighted by Crippen LogP contribution is 2.28. The zero-order valence-corrected chi connectivity index (χ0v) is 8.29. The molecule has 0 unspecified atom stereocenters. The van der Waals surface area contributed by atoms with Crippen molar-refractivity contribution >= 4 is 5.69 Å². The maximum atomic E-state index is 10.8. The zero-order chi connectivity index (χ0) is 11.5. The highest BCUT2D eigenvalue weighted by Gasteiger charge is 2.18. The number of nitro benzene ring substituents is 1. The number of benzene rings is 1. The first-order chi connectivity index (χ1) is 7.72. The summed E-state index contributed by atoms with van der Waals surface area (Å²) in [6.07, 6.45) is 1.39.